The number of benzene rings is 9. The van der Waals surface area contributed by atoms with Gasteiger partial charge in [-0.3, -0.25) is 0 Å². The van der Waals surface area contributed by atoms with E-state index in [-0.39, 0.29) is 6.23 Å². The molecule has 2 heterocycles. The predicted molar refractivity (Wildman–Crippen MR) is 245 cm³/mol. The monoisotopic (exact) mass is 754 g/mol. The molecule has 0 radical (unpaired) electrons. The van der Waals surface area contributed by atoms with Crippen molar-refractivity contribution in [1.82, 2.24) is 4.98 Å². The zero-order valence-corrected chi connectivity index (χ0v) is 32.2. The van der Waals surface area contributed by atoms with Crippen LogP contribution < -0.4 is 10.1 Å². The van der Waals surface area contributed by atoms with Gasteiger partial charge in [0.25, 0.3) is 0 Å². The molecule has 278 valence electrons. The highest BCUT2D eigenvalue weighted by Gasteiger charge is 2.25. The molecule has 1 atom stereocenters. The maximum Gasteiger partial charge on any atom is 0.196 e. The number of hydrogen-bond acceptors (Lipinski definition) is 3. The van der Waals surface area contributed by atoms with Crippen molar-refractivity contribution in [3.8, 4) is 72.6 Å². The van der Waals surface area contributed by atoms with Crippen LogP contribution in [0.25, 0.3) is 88.6 Å². The summed E-state index contributed by atoms with van der Waals surface area (Å²) in [4.78, 5) is 5.32. The third-order valence-electron chi connectivity index (χ3n) is 11.6. The Morgan fingerprint density at radius 2 is 1.00 bits per heavy atom. The van der Waals surface area contributed by atoms with Crippen molar-refractivity contribution in [3.05, 3.63) is 224 Å². The fraction of sp³-hybridized carbons (Fsp3) is 0.0179. The Labute approximate surface area is 343 Å². The lowest BCUT2D eigenvalue weighted by Crippen LogP contribution is -2.09. The van der Waals surface area contributed by atoms with E-state index in [9.17, 15) is 0 Å². The molecular formula is C56H38N2O. The van der Waals surface area contributed by atoms with Crippen LogP contribution in [-0.2, 0) is 0 Å². The third kappa shape index (κ3) is 6.30. The van der Waals surface area contributed by atoms with E-state index in [0.717, 1.165) is 67.0 Å². The summed E-state index contributed by atoms with van der Waals surface area (Å²) in [5.74, 6) is 0.843. The number of hydrogen-bond donors (Lipinski definition) is 1. The molecule has 0 fully saturated rings. The molecule has 0 bridgehead atoms. The smallest absolute Gasteiger partial charge is 0.196 e. The van der Waals surface area contributed by atoms with Crippen LogP contribution in [-0.4, -0.2) is 4.98 Å². The van der Waals surface area contributed by atoms with E-state index >= 15 is 0 Å². The Bertz CT molecular complexity index is 3160. The van der Waals surface area contributed by atoms with Crippen molar-refractivity contribution in [2.45, 2.75) is 6.23 Å². The van der Waals surface area contributed by atoms with E-state index in [1.54, 1.807) is 0 Å². The number of ether oxygens (including phenoxy) is 1. The van der Waals surface area contributed by atoms with Crippen LogP contribution in [0, 0.1) is 0 Å². The first kappa shape index (κ1) is 34.5. The van der Waals surface area contributed by atoms with Crippen molar-refractivity contribution in [2.24, 2.45) is 0 Å². The van der Waals surface area contributed by atoms with E-state index in [1.165, 1.54) is 38.6 Å². The summed E-state index contributed by atoms with van der Waals surface area (Å²) in [6.07, 6.45) is -0.268. The van der Waals surface area contributed by atoms with Crippen LogP contribution in [0.3, 0.4) is 0 Å². The SMILES string of the molecule is c1ccc(-c2ccc(C3Nc4ccc(-c5ccccc5-c5ccc6ccccc6c5-c5ccccc5-c5cc(-c6ccccc6)c6ccccc6n5)cc4O3)cc2)cc1. The van der Waals surface area contributed by atoms with Gasteiger partial charge in [0, 0.05) is 16.5 Å². The molecule has 1 aliphatic rings. The fourth-order valence-electron chi connectivity index (χ4n) is 8.69. The van der Waals surface area contributed by atoms with Crippen molar-refractivity contribution >= 4 is 27.4 Å². The molecule has 11 rings (SSSR count). The van der Waals surface area contributed by atoms with Gasteiger partial charge in [-0.1, -0.05) is 194 Å². The number of rotatable bonds is 7. The van der Waals surface area contributed by atoms with Crippen LogP contribution in [0.1, 0.15) is 11.8 Å². The highest BCUT2D eigenvalue weighted by molar-refractivity contribution is 6.09. The van der Waals surface area contributed by atoms with E-state index < -0.39 is 0 Å². The lowest BCUT2D eigenvalue weighted by Gasteiger charge is -2.20. The number of para-hydroxylation sites is 1. The Kier molecular flexibility index (Phi) is 8.56. The minimum atomic E-state index is -0.268. The van der Waals surface area contributed by atoms with E-state index in [2.05, 4.69) is 218 Å². The quantitative estimate of drug-likeness (QED) is 0.176. The molecule has 0 saturated heterocycles. The van der Waals surface area contributed by atoms with Gasteiger partial charge in [-0.25, -0.2) is 4.98 Å². The van der Waals surface area contributed by atoms with Crippen molar-refractivity contribution in [3.63, 3.8) is 0 Å². The molecule has 3 heteroatoms. The number of pyridine rings is 1. The molecule has 3 nitrogen and oxygen atoms in total. The first-order chi connectivity index (χ1) is 29.2. The number of anilines is 1. The van der Waals surface area contributed by atoms with Gasteiger partial charge in [0.15, 0.2) is 6.23 Å². The van der Waals surface area contributed by atoms with Gasteiger partial charge in [-0.05, 0) is 90.7 Å². The number of nitrogens with one attached hydrogen (secondary N) is 1. The average molecular weight is 755 g/mol. The van der Waals surface area contributed by atoms with E-state index in [4.69, 9.17) is 9.72 Å². The molecule has 0 saturated carbocycles. The average Bonchev–Trinajstić information content (AvgIpc) is 3.75. The fourth-order valence-corrected chi connectivity index (χ4v) is 8.69. The molecule has 10 aromatic rings. The summed E-state index contributed by atoms with van der Waals surface area (Å²) >= 11 is 0. The molecule has 59 heavy (non-hydrogen) atoms. The molecule has 0 aliphatic carbocycles. The Morgan fingerprint density at radius 3 is 1.80 bits per heavy atom. The number of nitrogens with zero attached hydrogens (tertiary/aromatic N) is 1. The summed E-state index contributed by atoms with van der Waals surface area (Å²) in [5.41, 5.74) is 16.7. The van der Waals surface area contributed by atoms with Crippen LogP contribution in [0.15, 0.2) is 218 Å². The normalized spacial score (nSPS) is 13.2. The van der Waals surface area contributed by atoms with Crippen molar-refractivity contribution in [1.29, 1.82) is 0 Å². The minimum Gasteiger partial charge on any atom is -0.464 e. The summed E-state index contributed by atoms with van der Waals surface area (Å²) in [6, 6.07) is 77.7. The minimum absolute atomic E-state index is 0.268. The molecular weight excluding hydrogens is 717 g/mol. The van der Waals surface area contributed by atoms with Gasteiger partial charge in [-0.15, -0.1) is 0 Å². The van der Waals surface area contributed by atoms with Gasteiger partial charge >= 0.3 is 0 Å². The molecule has 0 spiro atoms. The lowest BCUT2D eigenvalue weighted by atomic mass is 9.84. The van der Waals surface area contributed by atoms with Crippen LogP contribution in [0.5, 0.6) is 5.75 Å². The summed E-state index contributed by atoms with van der Waals surface area (Å²) in [5, 5.41) is 7.13. The second-order valence-electron chi connectivity index (χ2n) is 15.1. The van der Waals surface area contributed by atoms with Gasteiger partial charge in [0.2, 0.25) is 0 Å². The van der Waals surface area contributed by atoms with Gasteiger partial charge in [0.05, 0.1) is 16.9 Å². The number of fused-ring (bicyclic) bond motifs is 3. The standard InChI is InChI=1S/C56H38N2O/c1-3-15-37(16-4-1)38-27-29-41(30-28-38)56-58-52-34-32-42(35-54(52)59-56)43-20-9-10-22-45(43)49-33-31-40-19-7-8-21-44(40)55(49)48-25-12-11-23-46(48)53-36-50(39-17-5-2-6-18-39)47-24-13-14-26-51(47)57-53/h1-36,56,58H. The number of aromatic nitrogens is 1. The van der Waals surface area contributed by atoms with Crippen LogP contribution in [0.2, 0.25) is 0 Å². The first-order valence-corrected chi connectivity index (χ1v) is 20.1. The Morgan fingerprint density at radius 1 is 0.390 bits per heavy atom. The molecule has 1 unspecified atom stereocenters. The zero-order chi connectivity index (χ0) is 39.1. The van der Waals surface area contributed by atoms with Gasteiger partial charge in [-0.2, -0.15) is 0 Å². The summed E-state index contributed by atoms with van der Waals surface area (Å²) in [7, 11) is 0. The van der Waals surface area contributed by atoms with Crippen molar-refractivity contribution < 1.29 is 4.74 Å². The maximum atomic E-state index is 6.62. The first-order valence-electron chi connectivity index (χ1n) is 20.1. The summed E-state index contributed by atoms with van der Waals surface area (Å²) < 4.78 is 6.62. The molecule has 1 aliphatic heterocycles. The molecule has 0 amide bonds. The van der Waals surface area contributed by atoms with E-state index in [0.29, 0.717) is 0 Å². The Hall–Kier alpha value is -7.75. The second-order valence-corrected chi connectivity index (χ2v) is 15.1. The molecule has 9 aromatic carbocycles. The maximum absolute atomic E-state index is 6.62. The Balaban J connectivity index is 1.02. The predicted octanol–water partition coefficient (Wildman–Crippen LogP) is 14.9. The van der Waals surface area contributed by atoms with E-state index in [1.807, 2.05) is 6.07 Å². The molecule has 1 N–H and O–H groups in total. The van der Waals surface area contributed by atoms with Crippen LogP contribution >= 0.6 is 0 Å². The third-order valence-corrected chi connectivity index (χ3v) is 11.6. The summed E-state index contributed by atoms with van der Waals surface area (Å²) in [6.45, 7) is 0. The second kappa shape index (κ2) is 14.6. The highest BCUT2D eigenvalue weighted by Crippen LogP contribution is 2.47. The van der Waals surface area contributed by atoms with Crippen LogP contribution in [0.4, 0.5) is 5.69 Å². The largest absolute Gasteiger partial charge is 0.464 e. The molecule has 1 aromatic heterocycles. The van der Waals surface area contributed by atoms with Gasteiger partial charge < -0.3 is 10.1 Å². The lowest BCUT2D eigenvalue weighted by molar-refractivity contribution is 0.260. The van der Waals surface area contributed by atoms with Crippen molar-refractivity contribution in [2.75, 3.05) is 5.32 Å². The highest BCUT2D eigenvalue weighted by atomic mass is 16.5. The topological polar surface area (TPSA) is 34.2 Å². The van der Waals surface area contributed by atoms with Gasteiger partial charge in [0.1, 0.15) is 5.75 Å². The zero-order valence-electron chi connectivity index (χ0n) is 32.2.